The van der Waals surface area contributed by atoms with Gasteiger partial charge in [0, 0.05) is 18.5 Å². The number of hydrogen-bond donors (Lipinski definition) is 3. The molecule has 21 heavy (non-hydrogen) atoms. The number of aromatic amines is 1. The van der Waals surface area contributed by atoms with Crippen LogP contribution in [0.15, 0.2) is 35.1 Å². The highest BCUT2D eigenvalue weighted by molar-refractivity contribution is 5.87. The number of carboxylic acids is 1. The van der Waals surface area contributed by atoms with Gasteiger partial charge >= 0.3 is 5.97 Å². The molecule has 0 radical (unpaired) electrons. The van der Waals surface area contributed by atoms with Gasteiger partial charge in [-0.3, -0.25) is 4.79 Å². The summed E-state index contributed by atoms with van der Waals surface area (Å²) in [6, 6.07) is 8.08. The van der Waals surface area contributed by atoms with E-state index >= 15 is 0 Å². The maximum absolute atomic E-state index is 11.6. The first-order chi connectivity index (χ1) is 10.1. The maximum Gasteiger partial charge on any atom is 0.335 e. The number of hydrogen-bond acceptors (Lipinski definition) is 4. The first-order valence-corrected chi connectivity index (χ1v) is 6.79. The van der Waals surface area contributed by atoms with Crippen LogP contribution in [0.5, 0.6) is 0 Å². The van der Waals surface area contributed by atoms with Gasteiger partial charge in [-0.2, -0.15) is 0 Å². The van der Waals surface area contributed by atoms with Crippen LogP contribution in [0, 0.1) is 0 Å². The Morgan fingerprint density at radius 2 is 2.19 bits per heavy atom. The molecule has 108 valence electrons. The minimum atomic E-state index is -0.956. The molecular weight excluding hydrogens is 270 g/mol. The maximum atomic E-state index is 11.6. The Morgan fingerprint density at radius 3 is 2.90 bits per heavy atom. The fourth-order valence-electron chi connectivity index (χ4n) is 2.12. The van der Waals surface area contributed by atoms with E-state index in [0.717, 1.165) is 24.2 Å². The van der Waals surface area contributed by atoms with Gasteiger partial charge in [0.2, 0.25) is 0 Å². The van der Waals surface area contributed by atoms with Crippen molar-refractivity contribution in [1.82, 2.24) is 9.97 Å². The second-order valence-electron chi connectivity index (χ2n) is 5.15. The number of aromatic carboxylic acids is 1. The molecule has 1 aliphatic rings. The van der Waals surface area contributed by atoms with Gasteiger partial charge in [0.15, 0.2) is 0 Å². The average Bonchev–Trinajstić information content (AvgIpc) is 3.29. The molecule has 6 heteroatoms. The molecule has 0 amide bonds. The van der Waals surface area contributed by atoms with E-state index in [9.17, 15) is 9.59 Å². The summed E-state index contributed by atoms with van der Waals surface area (Å²) in [5.74, 6) is 0.655. The molecule has 1 fully saturated rings. The summed E-state index contributed by atoms with van der Waals surface area (Å²) in [4.78, 5) is 29.6. The third kappa shape index (κ3) is 3.28. The zero-order valence-electron chi connectivity index (χ0n) is 11.3. The Balaban J connectivity index is 1.74. The number of anilines is 1. The quantitative estimate of drug-likeness (QED) is 0.780. The van der Waals surface area contributed by atoms with Crippen molar-refractivity contribution in [1.29, 1.82) is 0 Å². The second kappa shape index (κ2) is 5.40. The van der Waals surface area contributed by atoms with Crippen LogP contribution < -0.4 is 10.9 Å². The summed E-state index contributed by atoms with van der Waals surface area (Å²) in [6.45, 7) is 0.418. The predicted octanol–water partition coefficient (Wildman–Crippen LogP) is 1.96. The van der Waals surface area contributed by atoms with Crippen LogP contribution in [0.2, 0.25) is 0 Å². The van der Waals surface area contributed by atoms with E-state index in [-0.39, 0.29) is 11.1 Å². The highest BCUT2D eigenvalue weighted by atomic mass is 16.4. The number of aromatic nitrogens is 2. The summed E-state index contributed by atoms with van der Waals surface area (Å²) in [5.41, 5.74) is 0.894. The Labute approximate surface area is 120 Å². The van der Waals surface area contributed by atoms with Crippen LogP contribution >= 0.6 is 0 Å². The molecule has 0 spiro atoms. The van der Waals surface area contributed by atoms with Gasteiger partial charge in [0.1, 0.15) is 11.6 Å². The molecule has 0 saturated heterocycles. The third-order valence-electron chi connectivity index (χ3n) is 3.37. The zero-order chi connectivity index (χ0) is 14.8. The van der Waals surface area contributed by atoms with Gasteiger partial charge in [0.25, 0.3) is 5.56 Å². The molecule has 0 bridgehead atoms. The summed E-state index contributed by atoms with van der Waals surface area (Å²) in [6.07, 6.45) is 2.13. The molecule has 1 aromatic carbocycles. The summed E-state index contributed by atoms with van der Waals surface area (Å²) >= 11 is 0. The van der Waals surface area contributed by atoms with Crippen molar-refractivity contribution in [2.24, 2.45) is 0 Å². The lowest BCUT2D eigenvalue weighted by molar-refractivity contribution is 0.0697. The van der Waals surface area contributed by atoms with Crippen LogP contribution in [0.1, 0.15) is 40.5 Å². The molecule has 1 aliphatic carbocycles. The second-order valence-corrected chi connectivity index (χ2v) is 5.15. The van der Waals surface area contributed by atoms with E-state index < -0.39 is 5.97 Å². The predicted molar refractivity (Wildman–Crippen MR) is 77.6 cm³/mol. The number of carboxylic acid groups (broad SMARTS) is 1. The number of nitrogens with one attached hydrogen (secondary N) is 2. The molecule has 3 rings (SSSR count). The molecule has 1 heterocycles. The van der Waals surface area contributed by atoms with Gasteiger partial charge in [-0.25, -0.2) is 9.78 Å². The van der Waals surface area contributed by atoms with Crippen molar-refractivity contribution in [2.45, 2.75) is 25.3 Å². The van der Waals surface area contributed by atoms with Gasteiger partial charge in [-0.1, -0.05) is 12.1 Å². The molecule has 1 saturated carbocycles. The third-order valence-corrected chi connectivity index (χ3v) is 3.37. The van der Waals surface area contributed by atoms with Crippen LogP contribution in [-0.2, 0) is 6.54 Å². The minimum Gasteiger partial charge on any atom is -0.478 e. The topological polar surface area (TPSA) is 95.1 Å². The normalized spacial score (nSPS) is 13.9. The number of carbonyl (C=O) groups is 1. The largest absolute Gasteiger partial charge is 0.478 e. The van der Waals surface area contributed by atoms with Crippen LogP contribution in [0.3, 0.4) is 0 Å². The van der Waals surface area contributed by atoms with E-state index in [2.05, 4.69) is 15.3 Å². The lowest BCUT2D eigenvalue weighted by Crippen LogP contribution is -2.13. The van der Waals surface area contributed by atoms with Crippen molar-refractivity contribution in [3.05, 3.63) is 57.6 Å². The van der Waals surface area contributed by atoms with Gasteiger partial charge in [0.05, 0.1) is 5.56 Å². The fourth-order valence-corrected chi connectivity index (χ4v) is 2.12. The molecule has 6 nitrogen and oxygen atoms in total. The Bertz CT molecular complexity index is 735. The van der Waals surface area contributed by atoms with Gasteiger partial charge in [-0.05, 0) is 30.5 Å². The van der Waals surface area contributed by atoms with Crippen molar-refractivity contribution in [3.8, 4) is 0 Å². The average molecular weight is 285 g/mol. The van der Waals surface area contributed by atoms with Gasteiger partial charge < -0.3 is 15.4 Å². The minimum absolute atomic E-state index is 0.173. The summed E-state index contributed by atoms with van der Waals surface area (Å²) < 4.78 is 0. The molecule has 2 aromatic rings. The van der Waals surface area contributed by atoms with E-state index in [4.69, 9.17) is 5.11 Å². The monoisotopic (exact) mass is 285 g/mol. The molecule has 1 aromatic heterocycles. The smallest absolute Gasteiger partial charge is 0.335 e. The van der Waals surface area contributed by atoms with Crippen LogP contribution in [-0.4, -0.2) is 21.0 Å². The van der Waals surface area contributed by atoms with Crippen molar-refractivity contribution in [3.63, 3.8) is 0 Å². The van der Waals surface area contributed by atoms with Crippen LogP contribution in [0.4, 0.5) is 5.82 Å². The summed E-state index contributed by atoms with van der Waals surface area (Å²) in [5, 5.41) is 12.0. The van der Waals surface area contributed by atoms with E-state index in [0.29, 0.717) is 18.3 Å². The Morgan fingerprint density at radius 1 is 1.38 bits per heavy atom. The van der Waals surface area contributed by atoms with Crippen LogP contribution in [0.25, 0.3) is 0 Å². The van der Waals surface area contributed by atoms with E-state index in [1.54, 1.807) is 18.2 Å². The van der Waals surface area contributed by atoms with E-state index in [1.165, 1.54) is 6.07 Å². The highest BCUT2D eigenvalue weighted by Crippen LogP contribution is 2.37. The highest BCUT2D eigenvalue weighted by Gasteiger charge is 2.26. The standard InChI is InChI=1S/C15H15N3O3/c19-13-7-12(17-14(18-13)10-4-5-10)16-8-9-2-1-3-11(6-9)15(20)21/h1-3,6-7,10H,4-5,8H2,(H,20,21)(H2,16,17,18,19). The fraction of sp³-hybridized carbons (Fsp3) is 0.267. The zero-order valence-corrected chi connectivity index (χ0v) is 11.3. The number of rotatable bonds is 5. The molecular formula is C15H15N3O3. The molecule has 0 atom stereocenters. The first-order valence-electron chi connectivity index (χ1n) is 6.79. The SMILES string of the molecule is O=C(O)c1cccc(CNc2cc(=O)[nH]c(C3CC3)n2)c1. The van der Waals surface area contributed by atoms with Gasteiger partial charge in [-0.15, -0.1) is 0 Å². The number of H-pyrrole nitrogens is 1. The van der Waals surface area contributed by atoms with E-state index in [1.807, 2.05) is 6.07 Å². The molecule has 0 aliphatic heterocycles. The number of benzene rings is 1. The summed E-state index contributed by atoms with van der Waals surface area (Å²) in [7, 11) is 0. The molecule has 0 unspecified atom stereocenters. The molecule has 3 N–H and O–H groups in total. The van der Waals surface area contributed by atoms with Crippen molar-refractivity contribution >= 4 is 11.8 Å². The first kappa shape index (κ1) is 13.4. The van der Waals surface area contributed by atoms with Crippen molar-refractivity contribution < 1.29 is 9.90 Å². The Kier molecular flexibility index (Phi) is 3.43. The lowest BCUT2D eigenvalue weighted by atomic mass is 10.1. The Hall–Kier alpha value is -2.63. The lowest BCUT2D eigenvalue weighted by Gasteiger charge is -2.07. The van der Waals surface area contributed by atoms with Crippen molar-refractivity contribution in [2.75, 3.05) is 5.32 Å². The number of nitrogens with zero attached hydrogens (tertiary/aromatic N) is 1.